The molecule has 1 atom stereocenters. The predicted molar refractivity (Wildman–Crippen MR) is 90.6 cm³/mol. The number of para-hydroxylation sites is 1. The van der Waals surface area contributed by atoms with Crippen LogP contribution in [0, 0.1) is 27.7 Å². The summed E-state index contributed by atoms with van der Waals surface area (Å²) in [5, 5.41) is 2.95. The average Bonchev–Trinajstić information content (AvgIpc) is 2.47. The Kier molecular flexibility index (Phi) is 4.86. The molecule has 0 fully saturated rings. The first-order valence-electron chi connectivity index (χ1n) is 7.50. The van der Waals surface area contributed by atoms with E-state index in [1.165, 1.54) is 0 Å². The Morgan fingerprint density at radius 3 is 2.14 bits per heavy atom. The summed E-state index contributed by atoms with van der Waals surface area (Å²) < 4.78 is 5.87. The lowest BCUT2D eigenvalue weighted by atomic mass is 10.1. The summed E-state index contributed by atoms with van der Waals surface area (Å²) in [7, 11) is 0. The molecule has 0 saturated heterocycles. The molecule has 0 radical (unpaired) electrons. The summed E-state index contributed by atoms with van der Waals surface area (Å²) in [6, 6.07) is 11.8. The number of amides is 1. The zero-order valence-electron chi connectivity index (χ0n) is 13.9. The number of ether oxygens (including phenoxy) is 1. The van der Waals surface area contributed by atoms with Crippen molar-refractivity contribution in [3.8, 4) is 5.75 Å². The highest BCUT2D eigenvalue weighted by atomic mass is 16.5. The Bertz CT molecular complexity index is 672. The maximum Gasteiger partial charge on any atom is 0.265 e. The van der Waals surface area contributed by atoms with Crippen molar-refractivity contribution in [1.29, 1.82) is 0 Å². The van der Waals surface area contributed by atoms with Gasteiger partial charge in [0.1, 0.15) is 5.75 Å². The van der Waals surface area contributed by atoms with Gasteiger partial charge in [0, 0.05) is 5.69 Å². The van der Waals surface area contributed by atoms with Crippen LogP contribution >= 0.6 is 0 Å². The maximum absolute atomic E-state index is 12.4. The van der Waals surface area contributed by atoms with Gasteiger partial charge in [0.15, 0.2) is 6.10 Å². The smallest absolute Gasteiger partial charge is 0.265 e. The normalized spacial score (nSPS) is 11.9. The molecule has 0 aliphatic carbocycles. The fraction of sp³-hybridized carbons (Fsp3) is 0.316. The van der Waals surface area contributed by atoms with E-state index < -0.39 is 6.10 Å². The Morgan fingerprint density at radius 2 is 1.50 bits per heavy atom. The molecule has 0 unspecified atom stereocenters. The van der Waals surface area contributed by atoms with Gasteiger partial charge in [-0.3, -0.25) is 4.79 Å². The van der Waals surface area contributed by atoms with Gasteiger partial charge < -0.3 is 10.1 Å². The maximum atomic E-state index is 12.4. The van der Waals surface area contributed by atoms with E-state index in [1.54, 1.807) is 6.92 Å². The van der Waals surface area contributed by atoms with Crippen LogP contribution in [0.3, 0.4) is 0 Å². The van der Waals surface area contributed by atoms with Crippen molar-refractivity contribution in [2.24, 2.45) is 0 Å². The minimum absolute atomic E-state index is 0.142. The first-order chi connectivity index (χ1) is 10.4. The number of anilines is 1. The summed E-state index contributed by atoms with van der Waals surface area (Å²) >= 11 is 0. The van der Waals surface area contributed by atoms with Gasteiger partial charge in [-0.05, 0) is 62.9 Å². The van der Waals surface area contributed by atoms with Crippen molar-refractivity contribution < 1.29 is 9.53 Å². The minimum atomic E-state index is -0.556. The molecule has 0 bridgehead atoms. The minimum Gasteiger partial charge on any atom is -0.480 e. The summed E-state index contributed by atoms with van der Waals surface area (Å²) in [5.41, 5.74) is 5.14. The standard InChI is InChI=1S/C19H23NO2/c1-12-8-7-11-17(15(12)4)20-19(21)16(5)22-18-13(2)9-6-10-14(18)3/h6-11,16H,1-5H3,(H,20,21)/t16-/m0/s1. The van der Waals surface area contributed by atoms with Crippen LogP contribution in [0.25, 0.3) is 0 Å². The number of carbonyl (C=O) groups excluding carboxylic acids is 1. The van der Waals surface area contributed by atoms with Crippen molar-refractivity contribution in [1.82, 2.24) is 0 Å². The zero-order chi connectivity index (χ0) is 16.3. The largest absolute Gasteiger partial charge is 0.480 e. The third-order valence-corrected chi connectivity index (χ3v) is 3.94. The molecule has 0 heterocycles. The van der Waals surface area contributed by atoms with Crippen LogP contribution in [-0.2, 0) is 4.79 Å². The number of hydrogen-bond acceptors (Lipinski definition) is 2. The number of carbonyl (C=O) groups is 1. The van der Waals surface area contributed by atoms with E-state index in [4.69, 9.17) is 4.74 Å². The summed E-state index contributed by atoms with van der Waals surface area (Å²) in [5.74, 6) is 0.641. The Balaban J connectivity index is 2.11. The highest BCUT2D eigenvalue weighted by Crippen LogP contribution is 2.24. The summed E-state index contributed by atoms with van der Waals surface area (Å²) in [6.07, 6.45) is -0.556. The molecule has 22 heavy (non-hydrogen) atoms. The fourth-order valence-electron chi connectivity index (χ4n) is 2.34. The van der Waals surface area contributed by atoms with Crippen LogP contribution in [0.5, 0.6) is 5.75 Å². The molecule has 2 aromatic carbocycles. The quantitative estimate of drug-likeness (QED) is 0.912. The second-order valence-electron chi connectivity index (χ2n) is 5.72. The summed E-state index contributed by atoms with van der Waals surface area (Å²) in [4.78, 5) is 12.4. The van der Waals surface area contributed by atoms with Gasteiger partial charge in [0.05, 0.1) is 0 Å². The molecule has 0 aromatic heterocycles. The van der Waals surface area contributed by atoms with E-state index in [-0.39, 0.29) is 5.91 Å². The molecule has 2 aromatic rings. The van der Waals surface area contributed by atoms with Gasteiger partial charge in [0.2, 0.25) is 0 Å². The second-order valence-corrected chi connectivity index (χ2v) is 5.72. The van der Waals surface area contributed by atoms with E-state index in [9.17, 15) is 4.79 Å². The number of hydrogen-bond donors (Lipinski definition) is 1. The second kappa shape index (κ2) is 6.65. The number of nitrogens with one attached hydrogen (secondary N) is 1. The van der Waals surface area contributed by atoms with Crippen molar-refractivity contribution in [3.05, 3.63) is 58.7 Å². The summed E-state index contributed by atoms with van der Waals surface area (Å²) in [6.45, 7) is 9.77. The van der Waals surface area contributed by atoms with Crippen molar-refractivity contribution >= 4 is 11.6 Å². The number of aryl methyl sites for hydroxylation is 3. The van der Waals surface area contributed by atoms with Crippen molar-refractivity contribution in [2.75, 3.05) is 5.32 Å². The lowest BCUT2D eigenvalue weighted by molar-refractivity contribution is -0.122. The van der Waals surface area contributed by atoms with E-state index in [2.05, 4.69) is 5.32 Å². The molecule has 1 N–H and O–H groups in total. The average molecular weight is 297 g/mol. The lowest BCUT2D eigenvalue weighted by Gasteiger charge is -2.19. The van der Waals surface area contributed by atoms with Crippen molar-refractivity contribution in [3.63, 3.8) is 0 Å². The number of benzene rings is 2. The zero-order valence-corrected chi connectivity index (χ0v) is 13.9. The van der Waals surface area contributed by atoms with Gasteiger partial charge in [-0.2, -0.15) is 0 Å². The molecule has 1 amide bonds. The van der Waals surface area contributed by atoms with E-state index in [1.807, 2.05) is 64.1 Å². The van der Waals surface area contributed by atoms with Crippen LogP contribution < -0.4 is 10.1 Å². The topological polar surface area (TPSA) is 38.3 Å². The molecular formula is C19H23NO2. The molecule has 0 spiro atoms. The molecule has 2 rings (SSSR count). The van der Waals surface area contributed by atoms with Gasteiger partial charge in [-0.25, -0.2) is 0 Å². The number of rotatable bonds is 4. The molecule has 0 aliphatic heterocycles. The first-order valence-corrected chi connectivity index (χ1v) is 7.50. The van der Waals surface area contributed by atoms with E-state index >= 15 is 0 Å². The highest BCUT2D eigenvalue weighted by molar-refractivity contribution is 5.94. The Labute approximate surface area is 132 Å². The molecular weight excluding hydrogens is 274 g/mol. The molecule has 3 heteroatoms. The van der Waals surface area contributed by atoms with Crippen LogP contribution in [0.2, 0.25) is 0 Å². The third kappa shape index (κ3) is 3.48. The third-order valence-electron chi connectivity index (χ3n) is 3.94. The SMILES string of the molecule is Cc1cccc(NC(=O)[C@H](C)Oc2c(C)cccc2C)c1C. The lowest BCUT2D eigenvalue weighted by Crippen LogP contribution is -2.30. The van der Waals surface area contributed by atoms with Gasteiger partial charge in [0.25, 0.3) is 5.91 Å². The van der Waals surface area contributed by atoms with Crippen LogP contribution in [-0.4, -0.2) is 12.0 Å². The molecule has 116 valence electrons. The van der Waals surface area contributed by atoms with Gasteiger partial charge >= 0.3 is 0 Å². The van der Waals surface area contributed by atoms with Crippen LogP contribution in [0.1, 0.15) is 29.2 Å². The Morgan fingerprint density at radius 1 is 0.955 bits per heavy atom. The first kappa shape index (κ1) is 16.1. The fourth-order valence-corrected chi connectivity index (χ4v) is 2.34. The van der Waals surface area contributed by atoms with Gasteiger partial charge in [-0.1, -0.05) is 30.3 Å². The predicted octanol–water partition coefficient (Wildman–Crippen LogP) is 4.33. The molecule has 3 nitrogen and oxygen atoms in total. The van der Waals surface area contributed by atoms with Crippen LogP contribution in [0.4, 0.5) is 5.69 Å². The molecule has 0 saturated carbocycles. The van der Waals surface area contributed by atoms with Crippen molar-refractivity contribution in [2.45, 2.75) is 40.7 Å². The van der Waals surface area contributed by atoms with E-state index in [0.717, 1.165) is 33.7 Å². The molecule has 0 aliphatic rings. The highest BCUT2D eigenvalue weighted by Gasteiger charge is 2.17. The van der Waals surface area contributed by atoms with Crippen LogP contribution in [0.15, 0.2) is 36.4 Å². The van der Waals surface area contributed by atoms with E-state index in [0.29, 0.717) is 0 Å². The Hall–Kier alpha value is -2.29. The monoisotopic (exact) mass is 297 g/mol. The van der Waals surface area contributed by atoms with Gasteiger partial charge in [-0.15, -0.1) is 0 Å².